The predicted octanol–water partition coefficient (Wildman–Crippen LogP) is 1.87. The van der Waals surface area contributed by atoms with Gasteiger partial charge in [-0.3, -0.25) is 0 Å². The van der Waals surface area contributed by atoms with Gasteiger partial charge in [-0.15, -0.1) is 0 Å². The molecule has 0 aliphatic carbocycles. The molecular weight excluding hydrogens is 162 g/mol. The van der Waals surface area contributed by atoms with Crippen molar-refractivity contribution in [3.63, 3.8) is 0 Å². The molecule has 1 atom stereocenters. The minimum Gasteiger partial charge on any atom is -0.393 e. The molecular formula is C11H13NO. The van der Waals surface area contributed by atoms with Gasteiger partial charge in [0.05, 0.1) is 17.7 Å². The zero-order valence-electron chi connectivity index (χ0n) is 7.70. The van der Waals surface area contributed by atoms with Crippen LogP contribution < -0.4 is 0 Å². The third-order valence-corrected chi connectivity index (χ3v) is 1.91. The molecule has 1 aromatic rings. The monoisotopic (exact) mass is 175 g/mol. The molecule has 0 saturated heterocycles. The average Bonchev–Trinajstić information content (AvgIpc) is 2.15. The third kappa shape index (κ3) is 3.27. The van der Waals surface area contributed by atoms with Crippen LogP contribution >= 0.6 is 0 Å². The summed E-state index contributed by atoms with van der Waals surface area (Å²) in [7, 11) is 0. The molecule has 0 fully saturated rings. The van der Waals surface area contributed by atoms with Gasteiger partial charge in [-0.05, 0) is 37.5 Å². The summed E-state index contributed by atoms with van der Waals surface area (Å²) in [5, 5.41) is 17.7. The second-order valence-corrected chi connectivity index (χ2v) is 3.20. The standard InChI is InChI=1S/C11H13NO/c1-9(13)5-6-10-3-2-4-11(7-10)8-12/h2-4,7,9,13H,5-6H2,1H3. The average molecular weight is 175 g/mol. The van der Waals surface area contributed by atoms with Crippen molar-refractivity contribution >= 4 is 0 Å². The minimum absolute atomic E-state index is 0.272. The Balaban J connectivity index is 2.63. The van der Waals surface area contributed by atoms with E-state index in [1.807, 2.05) is 18.2 Å². The van der Waals surface area contributed by atoms with Crippen molar-refractivity contribution in [2.75, 3.05) is 0 Å². The summed E-state index contributed by atoms with van der Waals surface area (Å²) in [6.07, 6.45) is 1.30. The second kappa shape index (κ2) is 4.64. The normalized spacial score (nSPS) is 12.1. The van der Waals surface area contributed by atoms with Crippen molar-refractivity contribution in [2.45, 2.75) is 25.9 Å². The highest BCUT2D eigenvalue weighted by molar-refractivity contribution is 5.32. The van der Waals surface area contributed by atoms with E-state index in [9.17, 15) is 0 Å². The molecule has 0 amide bonds. The number of aryl methyl sites for hydroxylation is 1. The predicted molar refractivity (Wildman–Crippen MR) is 51.2 cm³/mol. The fourth-order valence-electron chi connectivity index (χ4n) is 1.17. The van der Waals surface area contributed by atoms with Crippen LogP contribution in [0.4, 0.5) is 0 Å². The van der Waals surface area contributed by atoms with Crippen molar-refractivity contribution in [1.29, 1.82) is 5.26 Å². The zero-order valence-corrected chi connectivity index (χ0v) is 7.70. The van der Waals surface area contributed by atoms with Crippen molar-refractivity contribution in [3.8, 4) is 6.07 Å². The molecule has 0 aromatic heterocycles. The first-order chi connectivity index (χ1) is 6.22. The quantitative estimate of drug-likeness (QED) is 0.762. The zero-order chi connectivity index (χ0) is 9.68. The number of hydrogen-bond donors (Lipinski definition) is 1. The molecule has 2 heteroatoms. The highest BCUT2D eigenvalue weighted by Gasteiger charge is 1.98. The molecule has 68 valence electrons. The number of nitrogens with zero attached hydrogens (tertiary/aromatic N) is 1. The number of hydrogen-bond acceptors (Lipinski definition) is 2. The van der Waals surface area contributed by atoms with Gasteiger partial charge in [-0.2, -0.15) is 5.26 Å². The van der Waals surface area contributed by atoms with E-state index in [0.29, 0.717) is 5.56 Å². The minimum atomic E-state index is -0.272. The molecule has 1 unspecified atom stereocenters. The molecule has 2 nitrogen and oxygen atoms in total. The van der Waals surface area contributed by atoms with Crippen LogP contribution in [0.2, 0.25) is 0 Å². The fraction of sp³-hybridized carbons (Fsp3) is 0.364. The topological polar surface area (TPSA) is 44.0 Å². The van der Waals surface area contributed by atoms with E-state index < -0.39 is 0 Å². The van der Waals surface area contributed by atoms with Crippen LogP contribution in [0.25, 0.3) is 0 Å². The number of nitriles is 1. The lowest BCUT2D eigenvalue weighted by atomic mass is 10.1. The van der Waals surface area contributed by atoms with Crippen LogP contribution in [0.1, 0.15) is 24.5 Å². The Hall–Kier alpha value is -1.33. The fourth-order valence-corrected chi connectivity index (χ4v) is 1.17. The Kier molecular flexibility index (Phi) is 3.48. The van der Waals surface area contributed by atoms with Gasteiger partial charge in [0.2, 0.25) is 0 Å². The van der Waals surface area contributed by atoms with Gasteiger partial charge >= 0.3 is 0 Å². The third-order valence-electron chi connectivity index (χ3n) is 1.91. The van der Waals surface area contributed by atoms with E-state index in [4.69, 9.17) is 10.4 Å². The molecule has 0 bridgehead atoms. The van der Waals surface area contributed by atoms with Crippen molar-refractivity contribution in [2.24, 2.45) is 0 Å². The van der Waals surface area contributed by atoms with Gasteiger partial charge in [-0.25, -0.2) is 0 Å². The van der Waals surface area contributed by atoms with E-state index in [0.717, 1.165) is 18.4 Å². The van der Waals surface area contributed by atoms with Gasteiger partial charge in [0.25, 0.3) is 0 Å². The van der Waals surface area contributed by atoms with E-state index in [-0.39, 0.29) is 6.10 Å². The van der Waals surface area contributed by atoms with Crippen LogP contribution in [0.15, 0.2) is 24.3 Å². The number of aliphatic hydroxyl groups excluding tert-OH is 1. The second-order valence-electron chi connectivity index (χ2n) is 3.20. The van der Waals surface area contributed by atoms with Gasteiger partial charge < -0.3 is 5.11 Å². The van der Waals surface area contributed by atoms with Crippen LogP contribution in [0, 0.1) is 11.3 Å². The summed E-state index contributed by atoms with van der Waals surface area (Å²) in [6, 6.07) is 9.59. The molecule has 1 aromatic carbocycles. The van der Waals surface area contributed by atoms with E-state index in [1.165, 1.54) is 0 Å². The summed E-state index contributed by atoms with van der Waals surface area (Å²) in [5.41, 5.74) is 1.79. The Labute approximate surface area is 78.4 Å². The maximum Gasteiger partial charge on any atom is 0.0991 e. The first-order valence-electron chi connectivity index (χ1n) is 4.39. The Morgan fingerprint density at radius 3 is 2.92 bits per heavy atom. The lowest BCUT2D eigenvalue weighted by Crippen LogP contribution is -2.01. The summed E-state index contributed by atoms with van der Waals surface area (Å²) in [6.45, 7) is 1.77. The lowest BCUT2D eigenvalue weighted by Gasteiger charge is -2.03. The van der Waals surface area contributed by atoms with Crippen LogP contribution in [-0.2, 0) is 6.42 Å². The van der Waals surface area contributed by atoms with Crippen LogP contribution in [0.5, 0.6) is 0 Å². The van der Waals surface area contributed by atoms with E-state index in [1.54, 1.807) is 13.0 Å². The Morgan fingerprint density at radius 2 is 2.31 bits per heavy atom. The molecule has 0 aliphatic heterocycles. The number of aliphatic hydroxyl groups is 1. The smallest absolute Gasteiger partial charge is 0.0991 e. The molecule has 0 aliphatic rings. The molecule has 0 spiro atoms. The van der Waals surface area contributed by atoms with Crippen molar-refractivity contribution in [1.82, 2.24) is 0 Å². The van der Waals surface area contributed by atoms with Crippen molar-refractivity contribution < 1.29 is 5.11 Å². The van der Waals surface area contributed by atoms with Crippen molar-refractivity contribution in [3.05, 3.63) is 35.4 Å². The Bertz CT molecular complexity index is 312. The maximum absolute atomic E-state index is 9.08. The Morgan fingerprint density at radius 1 is 1.54 bits per heavy atom. The van der Waals surface area contributed by atoms with Gasteiger partial charge in [0.1, 0.15) is 0 Å². The summed E-state index contributed by atoms with van der Waals surface area (Å²) in [4.78, 5) is 0. The van der Waals surface area contributed by atoms with E-state index >= 15 is 0 Å². The van der Waals surface area contributed by atoms with Gasteiger partial charge in [0.15, 0.2) is 0 Å². The molecule has 1 N–H and O–H groups in total. The van der Waals surface area contributed by atoms with E-state index in [2.05, 4.69) is 6.07 Å². The summed E-state index contributed by atoms with van der Waals surface area (Å²) < 4.78 is 0. The summed E-state index contributed by atoms with van der Waals surface area (Å²) in [5.74, 6) is 0. The lowest BCUT2D eigenvalue weighted by molar-refractivity contribution is 0.185. The van der Waals surface area contributed by atoms with Gasteiger partial charge in [-0.1, -0.05) is 12.1 Å². The molecule has 13 heavy (non-hydrogen) atoms. The highest BCUT2D eigenvalue weighted by atomic mass is 16.3. The summed E-state index contributed by atoms with van der Waals surface area (Å²) >= 11 is 0. The largest absolute Gasteiger partial charge is 0.393 e. The molecule has 0 heterocycles. The highest BCUT2D eigenvalue weighted by Crippen LogP contribution is 2.07. The van der Waals surface area contributed by atoms with Crippen LogP contribution in [0.3, 0.4) is 0 Å². The molecule has 1 rings (SSSR count). The number of rotatable bonds is 3. The van der Waals surface area contributed by atoms with Gasteiger partial charge in [0, 0.05) is 0 Å². The first-order valence-corrected chi connectivity index (χ1v) is 4.39. The first kappa shape index (κ1) is 9.76. The molecule has 0 radical (unpaired) electrons. The SMILES string of the molecule is CC(O)CCc1cccc(C#N)c1. The maximum atomic E-state index is 9.08. The number of benzene rings is 1. The molecule has 0 saturated carbocycles. The van der Waals surface area contributed by atoms with Crippen LogP contribution in [-0.4, -0.2) is 11.2 Å².